The summed E-state index contributed by atoms with van der Waals surface area (Å²) >= 11 is 2.31. The molecular formula is C22H21Cl2SiTi. The van der Waals surface area contributed by atoms with Gasteiger partial charge in [-0.3, -0.25) is 0 Å². The van der Waals surface area contributed by atoms with E-state index in [0.29, 0.717) is 0 Å². The molecule has 2 aromatic rings. The summed E-state index contributed by atoms with van der Waals surface area (Å²) in [6.07, 6.45) is 3.48. The van der Waals surface area contributed by atoms with E-state index >= 15 is 0 Å². The van der Waals surface area contributed by atoms with Gasteiger partial charge in [0, 0.05) is 0 Å². The van der Waals surface area contributed by atoms with Crippen LogP contribution in [0.1, 0.15) is 31.4 Å². The molecule has 0 bridgehead atoms. The fourth-order valence-corrected chi connectivity index (χ4v) is 5.91. The molecule has 0 heterocycles. The Labute approximate surface area is 180 Å². The third-order valence-electron chi connectivity index (χ3n) is 5.44. The van der Waals surface area contributed by atoms with Crippen molar-refractivity contribution < 1.29 is 45.2 Å². The van der Waals surface area contributed by atoms with E-state index in [4.69, 9.17) is 0 Å². The summed E-state index contributed by atoms with van der Waals surface area (Å²) in [6.45, 7) is 9.38. The van der Waals surface area contributed by atoms with E-state index in [1.165, 1.54) is 36.2 Å². The Bertz CT molecular complexity index is 1170. The molecule has 0 saturated heterocycles. The minimum Gasteiger partial charge on any atom is -1.00 e. The molecule has 0 nitrogen and oxygen atoms in total. The van der Waals surface area contributed by atoms with E-state index in [9.17, 15) is 0 Å². The van der Waals surface area contributed by atoms with Gasteiger partial charge in [-0.15, -0.1) is 0 Å². The first-order valence-corrected chi connectivity index (χ1v) is 11.8. The summed E-state index contributed by atoms with van der Waals surface area (Å²) in [4.78, 5) is 1.59. The summed E-state index contributed by atoms with van der Waals surface area (Å²) in [6, 6.07) is 13.7. The smallest absolute Gasteiger partial charge is 1.00 e. The molecule has 0 aliphatic heterocycles. The van der Waals surface area contributed by atoms with E-state index in [2.05, 4.69) is 89.9 Å². The minimum atomic E-state index is -0.520. The van der Waals surface area contributed by atoms with Crippen LogP contribution < -0.4 is 30.0 Å². The van der Waals surface area contributed by atoms with Gasteiger partial charge in [0.15, 0.2) is 0 Å². The van der Waals surface area contributed by atoms with Crippen molar-refractivity contribution >= 4 is 17.9 Å². The first kappa shape index (κ1) is 21.6. The molecule has 2 aliphatic carbocycles. The Balaban J connectivity index is 0.00000121. The molecule has 26 heavy (non-hydrogen) atoms. The number of hydrogen-bond donors (Lipinski definition) is 0. The van der Waals surface area contributed by atoms with E-state index in [1.807, 2.05) is 0 Å². The molecule has 0 amide bonds. The van der Waals surface area contributed by atoms with Gasteiger partial charge < -0.3 is 24.8 Å². The SMILES string of the molecule is CC1=CCC(c2c3c(ccc2=[Si](C)C)=c2ccccc2=[C]3[Ti+2])=C1C.[Cl-].[Cl-]. The summed E-state index contributed by atoms with van der Waals surface area (Å²) in [5.41, 5.74) is 7.53. The van der Waals surface area contributed by atoms with Gasteiger partial charge in [-0.25, -0.2) is 0 Å². The van der Waals surface area contributed by atoms with Gasteiger partial charge >= 0.3 is 157 Å². The van der Waals surface area contributed by atoms with Crippen molar-refractivity contribution in [2.24, 2.45) is 0 Å². The normalized spacial score (nSPS) is 14.4. The van der Waals surface area contributed by atoms with Crippen molar-refractivity contribution in [3.8, 4) is 0 Å². The zero-order valence-electron chi connectivity index (χ0n) is 15.5. The van der Waals surface area contributed by atoms with Crippen LogP contribution in [0.15, 0.2) is 53.6 Å². The van der Waals surface area contributed by atoms with Crippen molar-refractivity contribution in [2.45, 2.75) is 33.4 Å². The molecule has 4 rings (SSSR count). The van der Waals surface area contributed by atoms with Crippen LogP contribution in [0.4, 0.5) is 0 Å². The van der Waals surface area contributed by atoms with Crippen molar-refractivity contribution in [3.63, 3.8) is 0 Å². The van der Waals surface area contributed by atoms with E-state index in [1.54, 1.807) is 16.0 Å². The third kappa shape index (κ3) is 3.19. The van der Waals surface area contributed by atoms with E-state index in [0.717, 1.165) is 6.42 Å². The number of hydrogen-bond acceptors (Lipinski definition) is 0. The fraction of sp³-hybridized carbons (Fsp3) is 0.227. The topological polar surface area (TPSA) is 0 Å². The molecule has 0 aromatic heterocycles. The molecule has 0 saturated carbocycles. The number of halogens is 2. The average molecular weight is 432 g/mol. The summed E-state index contributed by atoms with van der Waals surface area (Å²) in [5.74, 6) is 0. The molecule has 4 heteroatoms. The van der Waals surface area contributed by atoms with E-state index < -0.39 is 8.41 Å². The van der Waals surface area contributed by atoms with Crippen LogP contribution in [0.2, 0.25) is 13.1 Å². The quantitative estimate of drug-likeness (QED) is 0.493. The van der Waals surface area contributed by atoms with Crippen LogP contribution in [-0.4, -0.2) is 8.41 Å². The van der Waals surface area contributed by atoms with Crippen molar-refractivity contribution in [1.82, 2.24) is 0 Å². The van der Waals surface area contributed by atoms with Crippen LogP contribution >= 0.6 is 0 Å². The van der Waals surface area contributed by atoms with Gasteiger partial charge in [0.1, 0.15) is 0 Å². The van der Waals surface area contributed by atoms with Crippen molar-refractivity contribution in [3.05, 3.63) is 85.2 Å². The number of benzene rings is 2. The third-order valence-corrected chi connectivity index (χ3v) is 7.74. The predicted octanol–water partition coefficient (Wildman–Crippen LogP) is -1.29. The van der Waals surface area contributed by atoms with Gasteiger partial charge in [-0.05, 0) is 0 Å². The molecule has 0 unspecified atom stereocenters. The number of allylic oxidation sites excluding steroid dienone is 4. The second-order valence-electron chi connectivity index (χ2n) is 7.03. The van der Waals surface area contributed by atoms with Crippen LogP contribution in [-0.2, 0) is 20.4 Å². The summed E-state index contributed by atoms with van der Waals surface area (Å²) in [5, 5.41) is 4.24. The van der Waals surface area contributed by atoms with Gasteiger partial charge in [-0.2, -0.15) is 0 Å². The maximum atomic E-state index is 2.42. The number of fused-ring (bicyclic) bond motifs is 2. The second kappa shape index (κ2) is 8.12. The average Bonchev–Trinajstić information content (AvgIpc) is 3.06. The molecule has 2 aromatic carbocycles. The second-order valence-corrected chi connectivity index (χ2v) is 10.3. The first-order valence-electron chi connectivity index (χ1n) is 8.54. The Morgan fingerprint density at radius 3 is 2.08 bits per heavy atom. The molecule has 0 atom stereocenters. The van der Waals surface area contributed by atoms with Gasteiger partial charge in [0.05, 0.1) is 0 Å². The molecule has 0 N–H and O–H groups in total. The molecule has 0 fully saturated rings. The Morgan fingerprint density at radius 2 is 1.50 bits per heavy atom. The molecule has 0 spiro atoms. The summed E-state index contributed by atoms with van der Waals surface area (Å²) < 4.78 is 1.45. The molecule has 2 aliphatic rings. The zero-order chi connectivity index (χ0) is 17.0. The Morgan fingerprint density at radius 1 is 0.846 bits per heavy atom. The zero-order valence-corrected chi connectivity index (χ0v) is 19.6. The largest absolute Gasteiger partial charge is 1.00 e. The molecule has 131 valence electrons. The fourth-order valence-electron chi connectivity index (χ4n) is 3.98. The van der Waals surface area contributed by atoms with Crippen LogP contribution in [0.25, 0.3) is 9.45 Å². The van der Waals surface area contributed by atoms with Crippen molar-refractivity contribution in [2.75, 3.05) is 0 Å². The van der Waals surface area contributed by atoms with Crippen LogP contribution in [0.3, 0.4) is 0 Å². The summed E-state index contributed by atoms with van der Waals surface area (Å²) in [7, 11) is -0.520. The standard InChI is InChI=1S/C22H21Si.2ClH.Ti/c1-14-9-10-17(15(14)2)22-20-13-16-7-5-6-8-18(16)19(20)11-12-21(22)23(3)4;;;/h5-9,11-12H,10H2,1-4H3;2*1H;/q;;;+2/p-2. The molecule has 0 radical (unpaired) electrons. The Hall–Kier alpha value is -0.699. The van der Waals surface area contributed by atoms with Crippen molar-refractivity contribution in [1.29, 1.82) is 0 Å². The maximum Gasteiger partial charge on any atom is -1.00 e. The maximum absolute atomic E-state index is 2.42. The van der Waals surface area contributed by atoms with E-state index in [-0.39, 0.29) is 24.8 Å². The van der Waals surface area contributed by atoms with Crippen LogP contribution in [0, 0.1) is 15.3 Å². The molecular weight excluding hydrogens is 411 g/mol. The minimum absolute atomic E-state index is 0. The van der Waals surface area contributed by atoms with Gasteiger partial charge in [-0.1, -0.05) is 0 Å². The predicted molar refractivity (Wildman–Crippen MR) is 100.0 cm³/mol. The Kier molecular flexibility index (Phi) is 6.75. The number of rotatable bonds is 1. The van der Waals surface area contributed by atoms with Crippen LogP contribution in [0.5, 0.6) is 0 Å². The monoisotopic (exact) mass is 431 g/mol. The van der Waals surface area contributed by atoms with Gasteiger partial charge in [0.2, 0.25) is 0 Å². The first-order chi connectivity index (χ1) is 11.5. The van der Waals surface area contributed by atoms with Gasteiger partial charge in [0.25, 0.3) is 0 Å².